The van der Waals surface area contributed by atoms with Crippen LogP contribution in [0.15, 0.2) is 77.5 Å². The molecule has 170 valence electrons. The van der Waals surface area contributed by atoms with Crippen LogP contribution in [0.3, 0.4) is 0 Å². The predicted octanol–water partition coefficient (Wildman–Crippen LogP) is 3.64. The standard InChI is InChI=1S/C27H30N4O2/c32-27(28-12-14-31-13-11-20-6-1-2-7-21(20)19-31)26(30-18-23-8-5-15-33-23)16-22-17-29-25-10-4-3-9-24(22)25/h1-10,15,17,26,29-30H,11-14,16,18-19H2,(H,28,32)/t26-/m1/s1. The maximum Gasteiger partial charge on any atom is 0.237 e. The number of rotatable bonds is 9. The highest BCUT2D eigenvalue weighted by Gasteiger charge is 2.21. The Morgan fingerprint density at radius 3 is 2.79 bits per heavy atom. The minimum absolute atomic E-state index is 0.0178. The lowest BCUT2D eigenvalue weighted by molar-refractivity contribution is -0.123. The molecular formula is C27H30N4O2. The lowest BCUT2D eigenvalue weighted by Crippen LogP contribution is -2.47. The zero-order valence-electron chi connectivity index (χ0n) is 18.7. The fourth-order valence-corrected chi connectivity index (χ4v) is 4.62. The number of amides is 1. The topological polar surface area (TPSA) is 73.3 Å². The molecule has 33 heavy (non-hydrogen) atoms. The van der Waals surface area contributed by atoms with E-state index in [1.54, 1.807) is 6.26 Å². The molecule has 0 bridgehead atoms. The van der Waals surface area contributed by atoms with E-state index < -0.39 is 0 Å². The molecule has 1 atom stereocenters. The van der Waals surface area contributed by atoms with Crippen LogP contribution in [0.1, 0.15) is 22.5 Å². The highest BCUT2D eigenvalue weighted by atomic mass is 16.3. The van der Waals surface area contributed by atoms with Crippen molar-refractivity contribution in [1.82, 2.24) is 20.5 Å². The van der Waals surface area contributed by atoms with Crippen molar-refractivity contribution in [2.24, 2.45) is 0 Å². The molecule has 1 aliphatic heterocycles. The molecule has 0 saturated heterocycles. The molecule has 1 aliphatic rings. The Balaban J connectivity index is 1.20. The normalized spacial score (nSPS) is 14.8. The van der Waals surface area contributed by atoms with Crippen molar-refractivity contribution < 1.29 is 9.21 Å². The summed E-state index contributed by atoms with van der Waals surface area (Å²) in [5, 5.41) is 7.71. The van der Waals surface area contributed by atoms with Crippen LogP contribution in [0.25, 0.3) is 10.9 Å². The molecule has 0 radical (unpaired) electrons. The number of para-hydroxylation sites is 1. The van der Waals surface area contributed by atoms with Gasteiger partial charge in [0, 0.05) is 43.3 Å². The van der Waals surface area contributed by atoms with Crippen LogP contribution in [0, 0.1) is 0 Å². The molecule has 0 aliphatic carbocycles. The van der Waals surface area contributed by atoms with Crippen LogP contribution in [0.4, 0.5) is 0 Å². The lowest BCUT2D eigenvalue weighted by atomic mass is 10.00. The summed E-state index contributed by atoms with van der Waals surface area (Å²) in [5.74, 6) is 0.836. The van der Waals surface area contributed by atoms with Crippen LogP contribution < -0.4 is 10.6 Å². The molecule has 2 aromatic heterocycles. The molecule has 2 aromatic carbocycles. The number of aromatic nitrogens is 1. The van der Waals surface area contributed by atoms with Crippen LogP contribution >= 0.6 is 0 Å². The first-order chi connectivity index (χ1) is 16.3. The first-order valence-corrected chi connectivity index (χ1v) is 11.6. The summed E-state index contributed by atoms with van der Waals surface area (Å²) in [6, 6.07) is 20.3. The average molecular weight is 443 g/mol. The third-order valence-electron chi connectivity index (χ3n) is 6.46. The van der Waals surface area contributed by atoms with E-state index in [0.717, 1.165) is 48.3 Å². The van der Waals surface area contributed by atoms with Crippen LogP contribution in [-0.2, 0) is 30.7 Å². The van der Waals surface area contributed by atoms with Crippen LogP contribution in [0.2, 0.25) is 0 Å². The largest absolute Gasteiger partial charge is 0.468 e. The average Bonchev–Trinajstić information content (AvgIpc) is 3.52. The molecule has 3 N–H and O–H groups in total. The van der Waals surface area contributed by atoms with Gasteiger partial charge < -0.3 is 14.7 Å². The Hall–Kier alpha value is -3.35. The van der Waals surface area contributed by atoms with Crippen molar-refractivity contribution >= 4 is 16.8 Å². The predicted molar refractivity (Wildman–Crippen MR) is 130 cm³/mol. The van der Waals surface area contributed by atoms with Gasteiger partial charge in [-0.25, -0.2) is 0 Å². The van der Waals surface area contributed by atoms with Gasteiger partial charge in [-0.05, 0) is 47.7 Å². The van der Waals surface area contributed by atoms with Crippen LogP contribution in [-0.4, -0.2) is 41.5 Å². The molecule has 0 unspecified atom stereocenters. The van der Waals surface area contributed by atoms with Gasteiger partial charge in [0.1, 0.15) is 5.76 Å². The van der Waals surface area contributed by atoms with Gasteiger partial charge in [-0.2, -0.15) is 0 Å². The fourth-order valence-electron chi connectivity index (χ4n) is 4.62. The summed E-state index contributed by atoms with van der Waals surface area (Å²) in [5.41, 5.74) is 5.06. The summed E-state index contributed by atoms with van der Waals surface area (Å²) in [6.07, 6.45) is 5.33. The third-order valence-corrected chi connectivity index (χ3v) is 6.46. The van der Waals surface area contributed by atoms with E-state index in [0.29, 0.717) is 19.5 Å². The minimum atomic E-state index is -0.351. The Labute approximate surface area is 194 Å². The van der Waals surface area contributed by atoms with Crippen molar-refractivity contribution in [3.63, 3.8) is 0 Å². The molecule has 5 rings (SSSR count). The molecule has 0 spiro atoms. The highest BCUT2D eigenvalue weighted by Crippen LogP contribution is 2.20. The van der Waals surface area contributed by atoms with Crippen LogP contribution in [0.5, 0.6) is 0 Å². The SMILES string of the molecule is O=C(NCCN1CCc2ccccc2C1)[C@@H](Cc1c[nH]c2ccccc12)NCc1ccco1. The first kappa shape index (κ1) is 21.5. The number of nitrogens with zero attached hydrogens (tertiary/aromatic N) is 1. The van der Waals surface area contributed by atoms with Crippen molar-refractivity contribution in [3.8, 4) is 0 Å². The summed E-state index contributed by atoms with van der Waals surface area (Å²) in [4.78, 5) is 18.9. The van der Waals surface area contributed by atoms with Gasteiger partial charge >= 0.3 is 0 Å². The number of carbonyl (C=O) groups excluding carboxylic acids is 1. The third kappa shape index (κ3) is 5.18. The number of fused-ring (bicyclic) bond motifs is 2. The van der Waals surface area contributed by atoms with Crippen molar-refractivity contribution in [3.05, 3.63) is 95.6 Å². The summed E-state index contributed by atoms with van der Waals surface area (Å²) in [6.45, 7) is 3.96. The van der Waals surface area contributed by atoms with E-state index >= 15 is 0 Å². The highest BCUT2D eigenvalue weighted by molar-refractivity contribution is 5.86. The van der Waals surface area contributed by atoms with E-state index in [1.165, 1.54) is 11.1 Å². The number of H-pyrrole nitrogens is 1. The van der Waals surface area contributed by atoms with Crippen molar-refractivity contribution in [2.45, 2.75) is 32.0 Å². The van der Waals surface area contributed by atoms with Gasteiger partial charge in [0.05, 0.1) is 18.8 Å². The number of carbonyl (C=O) groups is 1. The summed E-state index contributed by atoms with van der Waals surface area (Å²) < 4.78 is 5.45. The Morgan fingerprint density at radius 1 is 1.06 bits per heavy atom. The van der Waals surface area contributed by atoms with E-state index in [4.69, 9.17) is 4.42 Å². The van der Waals surface area contributed by atoms with E-state index in [9.17, 15) is 4.79 Å². The second-order valence-corrected chi connectivity index (χ2v) is 8.66. The van der Waals surface area contributed by atoms with Gasteiger partial charge in [0.2, 0.25) is 5.91 Å². The number of aromatic amines is 1. The van der Waals surface area contributed by atoms with Gasteiger partial charge in [-0.1, -0.05) is 42.5 Å². The second kappa shape index (κ2) is 10.1. The molecule has 3 heterocycles. The van der Waals surface area contributed by atoms with E-state index in [-0.39, 0.29) is 11.9 Å². The lowest BCUT2D eigenvalue weighted by Gasteiger charge is -2.29. The van der Waals surface area contributed by atoms with E-state index in [1.807, 2.05) is 30.5 Å². The molecule has 1 amide bonds. The monoisotopic (exact) mass is 442 g/mol. The number of benzene rings is 2. The minimum Gasteiger partial charge on any atom is -0.468 e. The fraction of sp³-hybridized carbons (Fsp3) is 0.296. The summed E-state index contributed by atoms with van der Waals surface area (Å²) in [7, 11) is 0. The van der Waals surface area contributed by atoms with Crippen molar-refractivity contribution in [2.75, 3.05) is 19.6 Å². The first-order valence-electron chi connectivity index (χ1n) is 11.6. The Bertz CT molecular complexity index is 1200. The second-order valence-electron chi connectivity index (χ2n) is 8.66. The number of hydrogen-bond donors (Lipinski definition) is 3. The quantitative estimate of drug-likeness (QED) is 0.370. The molecule has 4 aromatic rings. The smallest absolute Gasteiger partial charge is 0.237 e. The zero-order chi connectivity index (χ0) is 22.5. The molecule has 6 nitrogen and oxygen atoms in total. The molecule has 6 heteroatoms. The maximum absolute atomic E-state index is 13.2. The number of hydrogen-bond acceptors (Lipinski definition) is 4. The molecule has 0 fully saturated rings. The maximum atomic E-state index is 13.2. The van der Waals surface area contributed by atoms with Gasteiger partial charge in [0.25, 0.3) is 0 Å². The number of furan rings is 1. The van der Waals surface area contributed by atoms with Gasteiger partial charge in [-0.3, -0.25) is 15.0 Å². The summed E-state index contributed by atoms with van der Waals surface area (Å²) >= 11 is 0. The van der Waals surface area contributed by atoms with E-state index in [2.05, 4.69) is 56.9 Å². The van der Waals surface area contributed by atoms with Gasteiger partial charge in [0.15, 0.2) is 0 Å². The number of nitrogens with one attached hydrogen (secondary N) is 3. The van der Waals surface area contributed by atoms with Gasteiger partial charge in [-0.15, -0.1) is 0 Å². The molecule has 0 saturated carbocycles. The van der Waals surface area contributed by atoms with Crippen molar-refractivity contribution in [1.29, 1.82) is 0 Å². The Morgan fingerprint density at radius 2 is 1.91 bits per heavy atom. The zero-order valence-corrected chi connectivity index (χ0v) is 18.7. The molecular weight excluding hydrogens is 412 g/mol. The Kier molecular flexibility index (Phi) is 6.56.